The number of amides is 1. The van der Waals surface area contributed by atoms with Crippen LogP contribution in [0.5, 0.6) is 5.75 Å². The second-order valence-corrected chi connectivity index (χ2v) is 10.4. The number of hydrogen-bond acceptors (Lipinski definition) is 4. The van der Waals surface area contributed by atoms with Crippen LogP contribution in [0.2, 0.25) is 5.02 Å². The Morgan fingerprint density at radius 2 is 1.76 bits per heavy atom. The monoisotopic (exact) mass is 435 g/mol. The average Bonchev–Trinajstić information content (AvgIpc) is 2.99. The number of aryl methyl sites for hydroxylation is 3. The van der Waals surface area contributed by atoms with E-state index in [9.17, 15) is 13.2 Å². The molecule has 1 aliphatic rings. The fourth-order valence-electron chi connectivity index (χ4n) is 3.84. The van der Waals surface area contributed by atoms with Crippen LogP contribution in [0.15, 0.2) is 36.4 Å². The van der Waals surface area contributed by atoms with E-state index in [4.69, 9.17) is 16.3 Å². The number of hydrogen-bond donors (Lipinski definition) is 0. The summed E-state index contributed by atoms with van der Waals surface area (Å²) in [6, 6.07) is 10.9. The van der Waals surface area contributed by atoms with Crippen molar-refractivity contribution in [3.63, 3.8) is 0 Å². The third-order valence-electron chi connectivity index (χ3n) is 5.18. The Hall–Kier alpha value is -2.05. The Balaban J connectivity index is 1.78. The first-order valence-electron chi connectivity index (χ1n) is 9.59. The fraction of sp³-hybridized carbons (Fsp3) is 0.409. The predicted octanol–water partition coefficient (Wildman–Crippen LogP) is 3.86. The van der Waals surface area contributed by atoms with Gasteiger partial charge < -0.3 is 9.64 Å². The Kier molecular flexibility index (Phi) is 6.54. The van der Waals surface area contributed by atoms with Gasteiger partial charge in [-0.05, 0) is 56.0 Å². The van der Waals surface area contributed by atoms with Crippen LogP contribution in [0.4, 0.5) is 0 Å². The average molecular weight is 436 g/mol. The highest BCUT2D eigenvalue weighted by Crippen LogP contribution is 2.26. The maximum Gasteiger partial charge on any atom is 0.261 e. The Morgan fingerprint density at radius 3 is 2.31 bits per heavy atom. The van der Waals surface area contributed by atoms with E-state index < -0.39 is 9.84 Å². The summed E-state index contributed by atoms with van der Waals surface area (Å²) in [5.41, 5.74) is 3.99. The molecule has 5 nitrogen and oxygen atoms in total. The van der Waals surface area contributed by atoms with Gasteiger partial charge in [0.05, 0.1) is 11.5 Å². The van der Waals surface area contributed by atoms with Crippen molar-refractivity contribution >= 4 is 27.3 Å². The van der Waals surface area contributed by atoms with Crippen LogP contribution in [0, 0.1) is 20.8 Å². The second kappa shape index (κ2) is 8.76. The Morgan fingerprint density at radius 1 is 1.14 bits per heavy atom. The first kappa shape index (κ1) is 21.7. The van der Waals surface area contributed by atoms with E-state index in [2.05, 4.69) is 0 Å². The summed E-state index contributed by atoms with van der Waals surface area (Å²) in [4.78, 5) is 14.7. The summed E-state index contributed by atoms with van der Waals surface area (Å²) >= 11 is 5.95. The first-order chi connectivity index (χ1) is 13.6. The van der Waals surface area contributed by atoms with Crippen LogP contribution in [-0.2, 0) is 21.2 Å². The fourth-order valence-corrected chi connectivity index (χ4v) is 5.70. The number of rotatable bonds is 6. The van der Waals surface area contributed by atoms with Gasteiger partial charge in [-0.2, -0.15) is 0 Å². The lowest BCUT2D eigenvalue weighted by Crippen LogP contribution is -2.43. The third-order valence-corrected chi connectivity index (χ3v) is 7.18. The molecule has 1 unspecified atom stereocenters. The van der Waals surface area contributed by atoms with Crippen molar-refractivity contribution < 1.29 is 17.9 Å². The highest BCUT2D eigenvalue weighted by atomic mass is 35.5. The van der Waals surface area contributed by atoms with Gasteiger partial charge in [0.15, 0.2) is 16.4 Å². The molecule has 2 aromatic carbocycles. The molecule has 156 valence electrons. The summed E-state index contributed by atoms with van der Waals surface area (Å²) in [5.74, 6) is 0.587. The van der Waals surface area contributed by atoms with E-state index in [0.29, 0.717) is 23.7 Å². The number of benzene rings is 2. The summed E-state index contributed by atoms with van der Waals surface area (Å²) in [7, 11) is -3.11. The van der Waals surface area contributed by atoms with Crippen molar-refractivity contribution in [2.45, 2.75) is 39.8 Å². The maximum absolute atomic E-state index is 13.1. The van der Waals surface area contributed by atoms with E-state index in [1.165, 1.54) is 0 Å². The molecule has 1 amide bonds. The molecular weight excluding hydrogens is 410 g/mol. The number of nitrogens with zero attached hydrogens (tertiary/aromatic N) is 1. The summed E-state index contributed by atoms with van der Waals surface area (Å²) in [6.45, 7) is 6.12. The van der Waals surface area contributed by atoms with Crippen LogP contribution >= 0.6 is 11.6 Å². The molecule has 0 radical (unpaired) electrons. The molecule has 0 bridgehead atoms. The molecule has 29 heavy (non-hydrogen) atoms. The zero-order valence-corrected chi connectivity index (χ0v) is 18.5. The molecule has 7 heteroatoms. The van der Waals surface area contributed by atoms with Gasteiger partial charge in [-0.3, -0.25) is 4.79 Å². The molecule has 3 rings (SSSR count). The molecule has 0 aliphatic carbocycles. The summed E-state index contributed by atoms with van der Waals surface area (Å²) < 4.78 is 29.8. The lowest BCUT2D eigenvalue weighted by atomic mass is 10.1. The molecule has 1 saturated heterocycles. The highest BCUT2D eigenvalue weighted by Gasteiger charge is 2.34. The summed E-state index contributed by atoms with van der Waals surface area (Å²) in [5, 5.41) is 0.615. The number of sulfone groups is 1. The highest BCUT2D eigenvalue weighted by molar-refractivity contribution is 7.91. The van der Waals surface area contributed by atoms with Crippen molar-refractivity contribution in [2.24, 2.45) is 0 Å². The molecule has 1 atom stereocenters. The van der Waals surface area contributed by atoms with Crippen LogP contribution in [0.3, 0.4) is 0 Å². The Bertz CT molecular complexity index is 979. The number of carbonyl (C=O) groups excluding carboxylic acids is 1. The molecule has 0 spiro atoms. The van der Waals surface area contributed by atoms with Crippen molar-refractivity contribution in [1.82, 2.24) is 4.90 Å². The van der Waals surface area contributed by atoms with E-state index in [1.54, 1.807) is 17.0 Å². The molecule has 1 heterocycles. The van der Waals surface area contributed by atoms with E-state index in [0.717, 1.165) is 22.3 Å². The number of halogens is 1. The smallest absolute Gasteiger partial charge is 0.261 e. The van der Waals surface area contributed by atoms with Gasteiger partial charge in [0.2, 0.25) is 0 Å². The second-order valence-electron chi connectivity index (χ2n) is 7.72. The minimum absolute atomic E-state index is 0.00504. The van der Waals surface area contributed by atoms with Crippen molar-refractivity contribution in [1.29, 1.82) is 0 Å². The van der Waals surface area contributed by atoms with E-state index in [1.807, 2.05) is 45.0 Å². The number of ether oxygens (including phenoxy) is 1. The standard InChI is InChI=1S/C22H26ClNO4S/c1-15-10-16(2)22(17(3)11-15)28-13-21(25)24(20-8-9-29(26,27)14-20)12-18-4-6-19(23)7-5-18/h4-7,10-11,20H,8-9,12-14H2,1-3H3. The van der Waals surface area contributed by atoms with Gasteiger partial charge in [0.1, 0.15) is 5.75 Å². The van der Waals surface area contributed by atoms with E-state index >= 15 is 0 Å². The zero-order chi connectivity index (χ0) is 21.2. The minimum Gasteiger partial charge on any atom is -0.483 e. The molecule has 0 aromatic heterocycles. The molecule has 2 aromatic rings. The normalized spacial score (nSPS) is 17.9. The van der Waals surface area contributed by atoms with Crippen molar-refractivity contribution in [3.8, 4) is 5.75 Å². The topological polar surface area (TPSA) is 63.7 Å². The van der Waals surface area contributed by atoms with Gasteiger partial charge in [-0.25, -0.2) is 8.42 Å². The zero-order valence-electron chi connectivity index (χ0n) is 16.9. The first-order valence-corrected chi connectivity index (χ1v) is 11.8. The molecule has 0 N–H and O–H groups in total. The maximum atomic E-state index is 13.1. The SMILES string of the molecule is Cc1cc(C)c(OCC(=O)N(Cc2ccc(Cl)cc2)C2CCS(=O)(=O)C2)c(C)c1. The molecular formula is C22H26ClNO4S. The lowest BCUT2D eigenvalue weighted by Gasteiger charge is -2.28. The van der Waals surface area contributed by atoms with Crippen molar-refractivity contribution in [2.75, 3.05) is 18.1 Å². The van der Waals surface area contributed by atoms with Crippen LogP contribution in [-0.4, -0.2) is 43.4 Å². The quantitative estimate of drug-likeness (QED) is 0.691. The van der Waals surface area contributed by atoms with Gasteiger partial charge in [0, 0.05) is 17.6 Å². The molecule has 1 fully saturated rings. The molecule has 0 saturated carbocycles. The van der Waals surface area contributed by atoms with Gasteiger partial charge in [-0.1, -0.05) is 41.4 Å². The van der Waals surface area contributed by atoms with Gasteiger partial charge >= 0.3 is 0 Å². The predicted molar refractivity (Wildman–Crippen MR) is 115 cm³/mol. The molecule has 1 aliphatic heterocycles. The van der Waals surface area contributed by atoms with Gasteiger partial charge in [0.25, 0.3) is 5.91 Å². The minimum atomic E-state index is -3.11. The van der Waals surface area contributed by atoms with Gasteiger partial charge in [-0.15, -0.1) is 0 Å². The van der Waals surface area contributed by atoms with Crippen LogP contribution in [0.25, 0.3) is 0 Å². The third kappa shape index (κ3) is 5.52. The van der Waals surface area contributed by atoms with E-state index in [-0.39, 0.29) is 30.1 Å². The largest absolute Gasteiger partial charge is 0.483 e. The Labute approximate surface area is 177 Å². The van der Waals surface area contributed by atoms with Crippen molar-refractivity contribution in [3.05, 3.63) is 63.7 Å². The lowest BCUT2D eigenvalue weighted by molar-refractivity contribution is -0.136. The van der Waals surface area contributed by atoms with Crippen LogP contribution in [0.1, 0.15) is 28.7 Å². The summed E-state index contributed by atoms with van der Waals surface area (Å²) in [6.07, 6.45) is 0.449. The number of carbonyl (C=O) groups is 1. The van der Waals surface area contributed by atoms with Crippen LogP contribution < -0.4 is 4.74 Å².